The standard InChI is InChI=1S/C65H95N21O8/c1-2-3-4-5-6-28-55(87)74-29-14-13-25-49(56(67)88)81-60(92)53(34-40-37-79-47-23-11-8-19-43(40)47)85-58(90)51(27-17-32-77-65(72)73)83-62(94)54(35-41-38-80-48-24-12-9-20-44(41)48)86-59(91)50(26-16-31-76-64(70)71)82-61(93)52(33-39-36-78-46-22-10-7-18-42(39)46)84-57(89)45(66)21-15-30-75-63(68)69/h7-12,18-20,22-24,36-38,45,49-54,78-80H,2-6,13-17,21,25-35,66H2,1H3,(H2,67,88)(H,74,87)(H,81,92)(H,82,93)(H,83,94)(H,84,89)(H,85,90)(H,86,91)(H4,68,69,75)(H4,70,71,76)(H4,72,73,77)/t45-,49+,50-,51+,52-,53+,54-/m1/s1. The lowest BCUT2D eigenvalue weighted by atomic mass is 10.0. The van der Waals surface area contributed by atoms with E-state index < -0.39 is 83.6 Å². The molecule has 3 aromatic heterocycles. The van der Waals surface area contributed by atoms with E-state index in [1.54, 1.807) is 18.6 Å². The maximum atomic E-state index is 15.2. The Hall–Kier alpha value is -10.2. The first-order valence-corrected chi connectivity index (χ1v) is 32.2. The van der Waals surface area contributed by atoms with Crippen molar-refractivity contribution < 1.29 is 38.4 Å². The molecular formula is C65H95N21O8. The number of amides is 8. The number of fused-ring (bicyclic) bond motifs is 3. The van der Waals surface area contributed by atoms with Crippen molar-refractivity contribution in [2.75, 3.05) is 26.2 Å². The number of aliphatic imine (C=N–C) groups is 3. The number of aromatic nitrogens is 3. The molecule has 7 atom stereocenters. The van der Waals surface area contributed by atoms with E-state index >= 15 is 14.4 Å². The summed E-state index contributed by atoms with van der Waals surface area (Å²) in [5, 5.41) is 22.1. The molecule has 0 fully saturated rings. The second kappa shape index (κ2) is 38.0. The first-order valence-electron chi connectivity index (χ1n) is 32.2. The molecule has 0 aliphatic heterocycles. The molecular weight excluding hydrogens is 1200 g/mol. The van der Waals surface area contributed by atoms with Gasteiger partial charge >= 0.3 is 0 Å². The minimum Gasteiger partial charge on any atom is -0.370 e. The molecule has 0 radical (unpaired) electrons. The number of primary amides is 1. The highest BCUT2D eigenvalue weighted by molar-refractivity contribution is 5.99. The van der Waals surface area contributed by atoms with Crippen LogP contribution in [-0.2, 0) is 57.6 Å². The van der Waals surface area contributed by atoms with Crippen LogP contribution in [0.5, 0.6) is 0 Å². The number of H-pyrrole nitrogens is 3. The molecule has 26 N–H and O–H groups in total. The van der Waals surface area contributed by atoms with E-state index in [1.807, 2.05) is 72.8 Å². The number of carbonyl (C=O) groups excluding carboxylic acids is 8. The molecule has 0 bridgehead atoms. The molecule has 508 valence electrons. The Kier molecular flexibility index (Phi) is 29.4. The number of carbonyl (C=O) groups is 8. The fourth-order valence-corrected chi connectivity index (χ4v) is 11.0. The molecule has 6 rings (SSSR count). The summed E-state index contributed by atoms with van der Waals surface area (Å²) in [4.78, 5) is 136. The first kappa shape index (κ1) is 72.9. The Labute approximate surface area is 546 Å². The number of nitrogens with one attached hydrogen (secondary N) is 10. The van der Waals surface area contributed by atoms with Gasteiger partial charge in [-0.05, 0) is 99.1 Å². The van der Waals surface area contributed by atoms with Gasteiger partial charge in [-0.15, -0.1) is 0 Å². The highest BCUT2D eigenvalue weighted by Crippen LogP contribution is 2.23. The number of aromatic amines is 3. The van der Waals surface area contributed by atoms with Crippen LogP contribution in [-0.4, -0.2) is 149 Å². The monoisotopic (exact) mass is 1300 g/mol. The molecule has 0 unspecified atom stereocenters. The van der Waals surface area contributed by atoms with Gasteiger partial charge in [0.1, 0.15) is 36.3 Å². The van der Waals surface area contributed by atoms with Crippen LogP contribution in [0.1, 0.15) is 120 Å². The Bertz CT molecular complexity index is 3560. The van der Waals surface area contributed by atoms with Gasteiger partial charge < -0.3 is 98.0 Å². The topological polar surface area (TPSA) is 513 Å². The average molecular weight is 1300 g/mol. The number of benzene rings is 3. The SMILES string of the molecule is CCCCCCCC(=O)NCCCC[C@H](NC(=O)[C@H](Cc1c[nH]c2ccccc12)NC(=O)[C@H](CCCN=C(N)N)NC(=O)[C@@H](Cc1c[nH]c2ccccc12)NC(=O)[C@@H](CCCN=C(N)N)NC(=O)[C@@H](Cc1c[nH]c2ccccc12)NC(=O)[C@H](N)CCCN=C(N)N)C(N)=O. The van der Waals surface area contributed by atoms with E-state index in [9.17, 15) is 24.0 Å². The van der Waals surface area contributed by atoms with E-state index in [0.717, 1.165) is 64.8 Å². The van der Waals surface area contributed by atoms with E-state index in [0.29, 0.717) is 48.9 Å². The van der Waals surface area contributed by atoms with Crippen LogP contribution in [0.2, 0.25) is 0 Å². The van der Waals surface area contributed by atoms with Gasteiger partial charge in [-0.1, -0.05) is 87.2 Å². The van der Waals surface area contributed by atoms with Crippen molar-refractivity contribution in [3.63, 3.8) is 0 Å². The van der Waals surface area contributed by atoms with Gasteiger partial charge in [0.2, 0.25) is 47.3 Å². The zero-order valence-electron chi connectivity index (χ0n) is 53.5. The minimum atomic E-state index is -1.46. The smallest absolute Gasteiger partial charge is 0.243 e. The van der Waals surface area contributed by atoms with Crippen molar-refractivity contribution in [1.29, 1.82) is 0 Å². The van der Waals surface area contributed by atoms with Crippen LogP contribution in [0, 0.1) is 0 Å². The summed E-state index contributed by atoms with van der Waals surface area (Å²) in [6, 6.07) is 12.9. The summed E-state index contributed by atoms with van der Waals surface area (Å²) in [6.07, 6.45) is 12.1. The van der Waals surface area contributed by atoms with Gasteiger partial charge in [0.05, 0.1) is 6.04 Å². The molecule has 8 amide bonds. The van der Waals surface area contributed by atoms with Crippen LogP contribution >= 0.6 is 0 Å². The van der Waals surface area contributed by atoms with Crippen molar-refractivity contribution in [3.8, 4) is 0 Å². The fourth-order valence-electron chi connectivity index (χ4n) is 11.0. The quantitative estimate of drug-likeness (QED) is 0.0142. The zero-order chi connectivity index (χ0) is 67.9. The predicted octanol–water partition coefficient (Wildman–Crippen LogP) is 0.688. The summed E-state index contributed by atoms with van der Waals surface area (Å²) in [7, 11) is 0. The number of rotatable bonds is 42. The lowest BCUT2D eigenvalue weighted by Crippen LogP contribution is -2.60. The summed E-state index contributed by atoms with van der Waals surface area (Å²) < 4.78 is 0. The number of para-hydroxylation sites is 3. The number of nitrogens with two attached hydrogens (primary N) is 8. The lowest BCUT2D eigenvalue weighted by Gasteiger charge is -2.28. The Morgan fingerprint density at radius 3 is 1.16 bits per heavy atom. The zero-order valence-corrected chi connectivity index (χ0v) is 53.5. The van der Waals surface area contributed by atoms with Crippen molar-refractivity contribution in [2.24, 2.45) is 60.8 Å². The van der Waals surface area contributed by atoms with Gasteiger partial charge in [-0.2, -0.15) is 0 Å². The largest absolute Gasteiger partial charge is 0.370 e. The number of guanidine groups is 3. The van der Waals surface area contributed by atoms with Gasteiger partial charge in [-0.3, -0.25) is 53.3 Å². The van der Waals surface area contributed by atoms with Gasteiger partial charge in [0.25, 0.3) is 0 Å². The van der Waals surface area contributed by atoms with Crippen molar-refractivity contribution in [1.82, 2.24) is 52.2 Å². The molecule has 0 aliphatic carbocycles. The van der Waals surface area contributed by atoms with Gasteiger partial charge in [0.15, 0.2) is 17.9 Å². The summed E-state index contributed by atoms with van der Waals surface area (Å²) in [5.41, 5.74) is 50.1. The van der Waals surface area contributed by atoms with E-state index in [2.05, 4.69) is 74.1 Å². The predicted molar refractivity (Wildman–Crippen MR) is 365 cm³/mol. The number of hydrogen-bond donors (Lipinski definition) is 18. The lowest BCUT2D eigenvalue weighted by molar-refractivity contribution is -0.135. The van der Waals surface area contributed by atoms with Crippen LogP contribution in [0.15, 0.2) is 106 Å². The van der Waals surface area contributed by atoms with Crippen LogP contribution in [0.4, 0.5) is 0 Å². The number of nitrogens with zero attached hydrogens (tertiary/aromatic N) is 3. The van der Waals surface area contributed by atoms with Crippen molar-refractivity contribution in [3.05, 3.63) is 108 Å². The third kappa shape index (κ3) is 23.8. The van der Waals surface area contributed by atoms with Crippen molar-refractivity contribution in [2.45, 2.75) is 165 Å². The Morgan fingerprint density at radius 1 is 0.404 bits per heavy atom. The first-order chi connectivity index (χ1) is 45.2. The van der Waals surface area contributed by atoms with Crippen LogP contribution in [0.25, 0.3) is 32.7 Å². The maximum Gasteiger partial charge on any atom is 0.243 e. The van der Waals surface area contributed by atoms with Gasteiger partial charge in [0, 0.05) is 103 Å². The highest BCUT2D eigenvalue weighted by Gasteiger charge is 2.35. The summed E-state index contributed by atoms with van der Waals surface area (Å²) in [5.74, 6) is -6.03. The Morgan fingerprint density at radius 2 is 0.755 bits per heavy atom. The van der Waals surface area contributed by atoms with Gasteiger partial charge in [-0.25, -0.2) is 0 Å². The average Bonchev–Trinajstić information content (AvgIpc) is 1.67. The van der Waals surface area contributed by atoms with E-state index in [-0.39, 0.29) is 101 Å². The molecule has 3 aromatic carbocycles. The molecule has 0 saturated carbocycles. The molecule has 0 aliphatic rings. The third-order valence-corrected chi connectivity index (χ3v) is 16.1. The van der Waals surface area contributed by atoms with Crippen LogP contribution in [0.3, 0.4) is 0 Å². The summed E-state index contributed by atoms with van der Waals surface area (Å²) >= 11 is 0. The molecule has 6 aromatic rings. The molecule has 0 spiro atoms. The second-order valence-electron chi connectivity index (χ2n) is 23.4. The normalized spacial score (nSPS) is 13.4. The summed E-state index contributed by atoms with van der Waals surface area (Å²) in [6.45, 7) is 2.79. The number of hydrogen-bond acceptors (Lipinski definition) is 12. The van der Waals surface area contributed by atoms with Crippen LogP contribution < -0.4 is 83.1 Å². The molecule has 3 heterocycles. The molecule has 29 heteroatoms. The molecule has 94 heavy (non-hydrogen) atoms. The molecule has 0 saturated heterocycles. The highest BCUT2D eigenvalue weighted by atomic mass is 16.2. The third-order valence-electron chi connectivity index (χ3n) is 16.1. The Balaban J connectivity index is 1.28. The fraction of sp³-hybridized carbons (Fsp3) is 0.462. The number of unbranched alkanes of at least 4 members (excludes halogenated alkanes) is 5. The van der Waals surface area contributed by atoms with E-state index in [4.69, 9.17) is 45.9 Å². The van der Waals surface area contributed by atoms with E-state index in [1.165, 1.54) is 0 Å². The minimum absolute atomic E-state index is 0.0358. The molecule has 29 nitrogen and oxygen atoms in total. The maximum absolute atomic E-state index is 15.2. The van der Waals surface area contributed by atoms with Crippen molar-refractivity contribution >= 4 is 97.8 Å². The second-order valence-corrected chi connectivity index (χ2v) is 23.4.